The number of ether oxygens (including phenoxy) is 2. The van der Waals surface area contributed by atoms with Crippen molar-refractivity contribution in [1.29, 1.82) is 0 Å². The van der Waals surface area contributed by atoms with E-state index in [1.165, 1.54) is 0 Å². The van der Waals surface area contributed by atoms with Crippen LogP contribution in [-0.2, 0) is 16.0 Å². The van der Waals surface area contributed by atoms with Gasteiger partial charge < -0.3 is 15.2 Å². The van der Waals surface area contributed by atoms with Crippen molar-refractivity contribution in [3.05, 3.63) is 11.4 Å². The molecule has 20 heavy (non-hydrogen) atoms. The third-order valence-corrected chi connectivity index (χ3v) is 3.59. The lowest BCUT2D eigenvalue weighted by Gasteiger charge is -2.10. The zero-order valence-corrected chi connectivity index (χ0v) is 12.2. The van der Waals surface area contributed by atoms with Gasteiger partial charge in [0.25, 0.3) is 0 Å². The molecule has 2 heterocycles. The number of hydrogen-bond donors (Lipinski definition) is 1. The molecule has 1 atom stereocenters. The molecule has 2 N–H and O–H groups in total. The van der Waals surface area contributed by atoms with Crippen LogP contribution in [0, 0.1) is 6.92 Å². The zero-order chi connectivity index (χ0) is 14.5. The van der Waals surface area contributed by atoms with Crippen molar-refractivity contribution in [3.8, 4) is 0 Å². The van der Waals surface area contributed by atoms with Crippen LogP contribution in [-0.4, -0.2) is 35.1 Å². The average molecular weight is 281 g/mol. The number of nitrogen functional groups attached to an aromatic ring is 1. The minimum atomic E-state index is -0.391. The number of rotatable bonds is 6. The molecule has 0 amide bonds. The van der Waals surface area contributed by atoms with E-state index in [9.17, 15) is 4.79 Å². The first kappa shape index (κ1) is 14.8. The van der Waals surface area contributed by atoms with E-state index in [1.807, 2.05) is 6.92 Å². The van der Waals surface area contributed by atoms with Crippen molar-refractivity contribution in [1.82, 2.24) is 9.78 Å². The Kier molecular flexibility index (Phi) is 5.00. The fourth-order valence-electron chi connectivity index (χ4n) is 2.46. The number of nitrogens with zero attached hydrogens (tertiary/aromatic N) is 2. The molecule has 0 aromatic carbocycles. The fourth-order valence-corrected chi connectivity index (χ4v) is 2.46. The highest BCUT2D eigenvalue weighted by Gasteiger charge is 2.21. The number of aromatic nitrogens is 2. The average Bonchev–Trinajstić information content (AvgIpc) is 3.04. The van der Waals surface area contributed by atoms with Gasteiger partial charge in [0.2, 0.25) is 0 Å². The van der Waals surface area contributed by atoms with E-state index in [4.69, 9.17) is 15.2 Å². The van der Waals surface area contributed by atoms with E-state index in [0.717, 1.165) is 32.3 Å². The van der Waals surface area contributed by atoms with Gasteiger partial charge in [0.05, 0.1) is 24.1 Å². The first-order valence-corrected chi connectivity index (χ1v) is 7.25. The normalized spacial score (nSPS) is 18.4. The predicted molar refractivity (Wildman–Crippen MR) is 75.5 cm³/mol. The van der Waals surface area contributed by atoms with Crippen LogP contribution in [0.1, 0.15) is 48.8 Å². The Morgan fingerprint density at radius 3 is 3.05 bits per heavy atom. The van der Waals surface area contributed by atoms with Crippen LogP contribution in [0.2, 0.25) is 0 Å². The van der Waals surface area contributed by atoms with E-state index in [-0.39, 0.29) is 0 Å². The highest BCUT2D eigenvalue weighted by Crippen LogP contribution is 2.19. The first-order valence-electron chi connectivity index (χ1n) is 7.25. The van der Waals surface area contributed by atoms with Crippen molar-refractivity contribution in [3.63, 3.8) is 0 Å². The molecule has 6 heteroatoms. The summed E-state index contributed by atoms with van der Waals surface area (Å²) in [6, 6.07) is 0. The third-order valence-electron chi connectivity index (χ3n) is 3.59. The molecule has 1 aromatic heterocycles. The smallest absolute Gasteiger partial charge is 0.358 e. The largest absolute Gasteiger partial charge is 0.461 e. The van der Waals surface area contributed by atoms with Gasteiger partial charge in [0, 0.05) is 13.2 Å². The van der Waals surface area contributed by atoms with Gasteiger partial charge in [-0.25, -0.2) is 4.79 Å². The third kappa shape index (κ3) is 3.30. The van der Waals surface area contributed by atoms with Gasteiger partial charge in [0.15, 0.2) is 5.69 Å². The number of anilines is 1. The molecule has 1 unspecified atom stereocenters. The standard InChI is InChI=1S/C14H23N3O3/c1-3-17-13(12(15)10(2)16-17)14(18)20-9-5-7-11-6-4-8-19-11/h11H,3-9,15H2,1-2H3. The Balaban J connectivity index is 1.82. The van der Waals surface area contributed by atoms with E-state index in [1.54, 1.807) is 11.6 Å². The van der Waals surface area contributed by atoms with E-state index >= 15 is 0 Å². The minimum absolute atomic E-state index is 0.335. The molecule has 1 fully saturated rings. The highest BCUT2D eigenvalue weighted by molar-refractivity contribution is 5.93. The quantitative estimate of drug-likeness (QED) is 0.636. The molecule has 0 radical (unpaired) electrons. The van der Waals surface area contributed by atoms with E-state index in [2.05, 4.69) is 5.10 Å². The lowest BCUT2D eigenvalue weighted by atomic mass is 10.1. The fraction of sp³-hybridized carbons (Fsp3) is 0.714. The highest BCUT2D eigenvalue weighted by atomic mass is 16.5. The number of aryl methyl sites for hydroxylation is 2. The van der Waals surface area contributed by atoms with Crippen LogP contribution in [0.3, 0.4) is 0 Å². The summed E-state index contributed by atoms with van der Waals surface area (Å²) in [4.78, 5) is 12.1. The monoisotopic (exact) mass is 281 g/mol. The number of carbonyl (C=O) groups excluding carboxylic acids is 1. The summed E-state index contributed by atoms with van der Waals surface area (Å²) < 4.78 is 12.4. The van der Waals surface area contributed by atoms with Crippen LogP contribution in [0.4, 0.5) is 5.69 Å². The molecule has 0 bridgehead atoms. The Morgan fingerprint density at radius 1 is 1.60 bits per heavy atom. The maximum Gasteiger partial charge on any atom is 0.358 e. The molecule has 1 aromatic rings. The van der Waals surface area contributed by atoms with Crippen molar-refractivity contribution in [2.24, 2.45) is 0 Å². The van der Waals surface area contributed by atoms with E-state index < -0.39 is 5.97 Å². The van der Waals surface area contributed by atoms with Crippen LogP contribution in [0.25, 0.3) is 0 Å². The second-order valence-electron chi connectivity index (χ2n) is 5.08. The molecule has 2 rings (SSSR count). The summed E-state index contributed by atoms with van der Waals surface area (Å²) in [5.41, 5.74) is 7.32. The maximum absolute atomic E-state index is 12.1. The number of nitrogens with two attached hydrogens (primary N) is 1. The van der Waals surface area contributed by atoms with Crippen molar-refractivity contribution >= 4 is 11.7 Å². The topological polar surface area (TPSA) is 79.4 Å². The molecule has 1 aliphatic heterocycles. The molecule has 112 valence electrons. The van der Waals surface area contributed by atoms with Crippen LogP contribution < -0.4 is 5.73 Å². The SMILES string of the molecule is CCn1nc(C)c(N)c1C(=O)OCCCC1CCCO1. The van der Waals surface area contributed by atoms with Crippen LogP contribution in [0.15, 0.2) is 0 Å². The van der Waals surface area contributed by atoms with Crippen LogP contribution in [0.5, 0.6) is 0 Å². The zero-order valence-electron chi connectivity index (χ0n) is 12.2. The van der Waals surface area contributed by atoms with Gasteiger partial charge >= 0.3 is 5.97 Å². The second kappa shape index (κ2) is 6.74. The minimum Gasteiger partial charge on any atom is -0.461 e. The van der Waals surface area contributed by atoms with Crippen LogP contribution >= 0.6 is 0 Å². The molecule has 1 saturated heterocycles. The summed E-state index contributed by atoms with van der Waals surface area (Å²) >= 11 is 0. The molecule has 0 spiro atoms. The summed E-state index contributed by atoms with van der Waals surface area (Å²) in [6.07, 6.45) is 4.34. The van der Waals surface area contributed by atoms with Crippen molar-refractivity contribution in [2.45, 2.75) is 52.2 Å². The summed E-state index contributed by atoms with van der Waals surface area (Å²) in [5, 5.41) is 4.21. The van der Waals surface area contributed by atoms with Gasteiger partial charge in [-0.1, -0.05) is 0 Å². The van der Waals surface area contributed by atoms with E-state index in [0.29, 0.717) is 36.3 Å². The van der Waals surface area contributed by atoms with Gasteiger partial charge in [-0.2, -0.15) is 5.10 Å². The molecule has 0 saturated carbocycles. The first-order chi connectivity index (χ1) is 9.63. The van der Waals surface area contributed by atoms with Gasteiger partial charge in [-0.05, 0) is 39.5 Å². The van der Waals surface area contributed by atoms with Gasteiger partial charge in [-0.15, -0.1) is 0 Å². The number of esters is 1. The Hall–Kier alpha value is -1.56. The maximum atomic E-state index is 12.1. The van der Waals surface area contributed by atoms with Crippen molar-refractivity contribution < 1.29 is 14.3 Å². The Labute approximate surface area is 119 Å². The molecule has 0 aliphatic carbocycles. The predicted octanol–water partition coefficient (Wildman–Crippen LogP) is 1.91. The molecular formula is C14H23N3O3. The lowest BCUT2D eigenvalue weighted by molar-refractivity contribution is 0.0449. The molecule has 6 nitrogen and oxygen atoms in total. The van der Waals surface area contributed by atoms with Gasteiger partial charge in [-0.3, -0.25) is 4.68 Å². The Bertz CT molecular complexity index is 464. The van der Waals surface area contributed by atoms with Crippen molar-refractivity contribution in [2.75, 3.05) is 18.9 Å². The second-order valence-corrected chi connectivity index (χ2v) is 5.08. The summed E-state index contributed by atoms with van der Waals surface area (Å²) in [6.45, 7) is 5.55. The van der Waals surface area contributed by atoms with Gasteiger partial charge in [0.1, 0.15) is 0 Å². The summed E-state index contributed by atoms with van der Waals surface area (Å²) in [7, 11) is 0. The molecule has 1 aliphatic rings. The summed E-state index contributed by atoms with van der Waals surface area (Å²) in [5.74, 6) is -0.391. The Morgan fingerprint density at radius 2 is 2.40 bits per heavy atom. The number of hydrogen-bond acceptors (Lipinski definition) is 5. The number of carbonyl (C=O) groups is 1. The molecular weight excluding hydrogens is 258 g/mol. The lowest BCUT2D eigenvalue weighted by Crippen LogP contribution is -2.15.